The average Bonchev–Trinajstić information content (AvgIpc) is 2.27. The van der Waals surface area contributed by atoms with Gasteiger partial charge in [-0.2, -0.15) is 0 Å². The van der Waals surface area contributed by atoms with Gasteiger partial charge in [-0.1, -0.05) is 30.7 Å². The molecule has 1 aromatic heterocycles. The number of rotatable bonds is 2. The first-order valence-electron chi connectivity index (χ1n) is 6.56. The van der Waals surface area contributed by atoms with E-state index in [9.17, 15) is 0 Å². The van der Waals surface area contributed by atoms with E-state index in [2.05, 4.69) is 36.2 Å². The monoisotopic (exact) mass is 238 g/mol. The van der Waals surface area contributed by atoms with Crippen LogP contribution in [-0.2, 0) is 0 Å². The second-order valence-electron chi connectivity index (χ2n) is 5.18. The zero-order valence-electron chi connectivity index (χ0n) is 10.7. The molecule has 1 heterocycles. The van der Waals surface area contributed by atoms with E-state index in [1.54, 1.807) is 0 Å². The molecule has 2 heteroatoms. The lowest BCUT2D eigenvalue weighted by Gasteiger charge is -2.26. The third-order valence-electron chi connectivity index (χ3n) is 3.91. The SMILES string of the molecule is Cc1cc(N)ncc1-c1cccc(C2CCC2)c1. The van der Waals surface area contributed by atoms with E-state index in [1.165, 1.54) is 41.5 Å². The van der Waals surface area contributed by atoms with Gasteiger partial charge in [-0.25, -0.2) is 4.98 Å². The molecular formula is C16H18N2. The number of hydrogen-bond acceptors (Lipinski definition) is 2. The summed E-state index contributed by atoms with van der Waals surface area (Å²) in [6.45, 7) is 2.09. The maximum absolute atomic E-state index is 5.70. The topological polar surface area (TPSA) is 38.9 Å². The predicted octanol–water partition coefficient (Wildman–Crippen LogP) is 3.91. The van der Waals surface area contributed by atoms with Crippen LogP contribution in [0.2, 0.25) is 0 Å². The molecule has 1 aliphatic rings. The summed E-state index contributed by atoms with van der Waals surface area (Å²) in [5.41, 5.74) is 10.8. The number of hydrogen-bond donors (Lipinski definition) is 1. The number of pyridine rings is 1. The Morgan fingerprint density at radius 3 is 2.72 bits per heavy atom. The highest BCUT2D eigenvalue weighted by molar-refractivity contribution is 5.68. The molecule has 0 aliphatic heterocycles. The zero-order chi connectivity index (χ0) is 12.5. The molecule has 0 saturated heterocycles. The fourth-order valence-electron chi connectivity index (χ4n) is 2.58. The van der Waals surface area contributed by atoms with Gasteiger partial charge in [0.1, 0.15) is 5.82 Å². The highest BCUT2D eigenvalue weighted by atomic mass is 14.8. The molecule has 0 amide bonds. The van der Waals surface area contributed by atoms with Crippen LogP contribution in [0, 0.1) is 6.92 Å². The number of nitrogens with two attached hydrogens (primary N) is 1. The van der Waals surface area contributed by atoms with E-state index in [0.717, 1.165) is 5.92 Å². The number of aromatic nitrogens is 1. The van der Waals surface area contributed by atoms with E-state index in [-0.39, 0.29) is 0 Å². The van der Waals surface area contributed by atoms with E-state index >= 15 is 0 Å². The third-order valence-corrected chi connectivity index (χ3v) is 3.91. The summed E-state index contributed by atoms with van der Waals surface area (Å²) in [6.07, 6.45) is 5.92. The molecule has 0 atom stereocenters. The minimum absolute atomic E-state index is 0.589. The van der Waals surface area contributed by atoms with Crippen molar-refractivity contribution < 1.29 is 0 Å². The van der Waals surface area contributed by atoms with Gasteiger partial charge >= 0.3 is 0 Å². The standard InChI is InChI=1S/C16H18N2/c1-11-8-16(17)18-10-15(11)14-7-3-6-13(9-14)12-4-2-5-12/h3,6-10,12H,2,4-5H2,1H3,(H2,17,18). The van der Waals surface area contributed by atoms with Crippen molar-refractivity contribution in [2.24, 2.45) is 0 Å². The van der Waals surface area contributed by atoms with Crippen LogP contribution in [0.3, 0.4) is 0 Å². The average molecular weight is 238 g/mol. The smallest absolute Gasteiger partial charge is 0.123 e. The van der Waals surface area contributed by atoms with Crippen molar-refractivity contribution in [2.45, 2.75) is 32.1 Å². The fraction of sp³-hybridized carbons (Fsp3) is 0.312. The molecule has 2 nitrogen and oxygen atoms in total. The number of anilines is 1. The first-order chi connectivity index (χ1) is 8.74. The summed E-state index contributed by atoms with van der Waals surface area (Å²) >= 11 is 0. The first-order valence-corrected chi connectivity index (χ1v) is 6.56. The third kappa shape index (κ3) is 1.99. The second kappa shape index (κ2) is 4.45. The quantitative estimate of drug-likeness (QED) is 0.861. The highest BCUT2D eigenvalue weighted by Crippen LogP contribution is 2.37. The van der Waals surface area contributed by atoms with Crippen LogP contribution in [0.15, 0.2) is 36.5 Å². The Hall–Kier alpha value is -1.83. The van der Waals surface area contributed by atoms with Gasteiger partial charge in [0.05, 0.1) is 0 Å². The van der Waals surface area contributed by atoms with E-state index < -0.39 is 0 Å². The molecule has 1 aliphatic carbocycles. The molecule has 2 N–H and O–H groups in total. The number of benzene rings is 1. The van der Waals surface area contributed by atoms with E-state index in [1.807, 2.05) is 12.3 Å². The lowest BCUT2D eigenvalue weighted by Crippen LogP contribution is -2.08. The van der Waals surface area contributed by atoms with Gasteiger partial charge in [-0.15, -0.1) is 0 Å². The minimum Gasteiger partial charge on any atom is -0.384 e. The van der Waals surface area contributed by atoms with Crippen molar-refractivity contribution in [1.82, 2.24) is 4.98 Å². The van der Waals surface area contributed by atoms with Crippen molar-refractivity contribution in [3.8, 4) is 11.1 Å². The molecule has 92 valence electrons. The lowest BCUT2D eigenvalue weighted by molar-refractivity contribution is 0.420. The molecule has 0 bridgehead atoms. The Labute approximate surface area is 108 Å². The van der Waals surface area contributed by atoms with Crippen molar-refractivity contribution in [3.63, 3.8) is 0 Å². The summed E-state index contributed by atoms with van der Waals surface area (Å²) < 4.78 is 0. The summed E-state index contributed by atoms with van der Waals surface area (Å²) in [6, 6.07) is 10.8. The molecule has 1 aromatic carbocycles. The molecule has 1 fully saturated rings. The van der Waals surface area contributed by atoms with E-state index in [0.29, 0.717) is 5.82 Å². The summed E-state index contributed by atoms with van der Waals surface area (Å²) in [7, 11) is 0. The molecule has 2 aromatic rings. The second-order valence-corrected chi connectivity index (χ2v) is 5.18. The predicted molar refractivity (Wildman–Crippen MR) is 75.4 cm³/mol. The van der Waals surface area contributed by atoms with Gasteiger partial charge in [0.15, 0.2) is 0 Å². The maximum Gasteiger partial charge on any atom is 0.123 e. The number of nitrogens with zero attached hydrogens (tertiary/aromatic N) is 1. The van der Waals surface area contributed by atoms with Gasteiger partial charge in [0.2, 0.25) is 0 Å². The lowest BCUT2D eigenvalue weighted by atomic mass is 9.79. The fourth-order valence-corrected chi connectivity index (χ4v) is 2.58. The van der Waals surface area contributed by atoms with E-state index in [4.69, 9.17) is 5.73 Å². The zero-order valence-corrected chi connectivity index (χ0v) is 10.7. The van der Waals surface area contributed by atoms with Crippen molar-refractivity contribution in [2.75, 3.05) is 5.73 Å². The Bertz CT molecular complexity index is 571. The minimum atomic E-state index is 0.589. The van der Waals surface area contributed by atoms with Gasteiger partial charge in [0, 0.05) is 11.8 Å². The van der Waals surface area contributed by atoms with Crippen LogP contribution in [0.25, 0.3) is 11.1 Å². The van der Waals surface area contributed by atoms with Crippen LogP contribution < -0.4 is 5.73 Å². The highest BCUT2D eigenvalue weighted by Gasteiger charge is 2.19. The maximum atomic E-state index is 5.70. The molecule has 0 unspecified atom stereocenters. The summed E-state index contributed by atoms with van der Waals surface area (Å²) in [5, 5.41) is 0. The van der Waals surface area contributed by atoms with Crippen LogP contribution in [0.1, 0.15) is 36.3 Å². The molecule has 0 radical (unpaired) electrons. The first kappa shape index (κ1) is 11.3. The van der Waals surface area contributed by atoms with Crippen molar-refractivity contribution in [1.29, 1.82) is 0 Å². The molecular weight excluding hydrogens is 220 g/mol. The Morgan fingerprint density at radius 1 is 1.22 bits per heavy atom. The summed E-state index contributed by atoms with van der Waals surface area (Å²) in [5.74, 6) is 1.36. The molecule has 1 saturated carbocycles. The number of aryl methyl sites for hydroxylation is 1. The van der Waals surface area contributed by atoms with Gasteiger partial charge < -0.3 is 5.73 Å². The van der Waals surface area contributed by atoms with Crippen LogP contribution in [0.5, 0.6) is 0 Å². The van der Waals surface area contributed by atoms with Crippen LogP contribution in [0.4, 0.5) is 5.82 Å². The normalized spacial score (nSPS) is 15.4. The Kier molecular flexibility index (Phi) is 2.78. The summed E-state index contributed by atoms with van der Waals surface area (Å²) in [4.78, 5) is 4.20. The van der Waals surface area contributed by atoms with Crippen molar-refractivity contribution >= 4 is 5.82 Å². The molecule has 0 spiro atoms. The van der Waals surface area contributed by atoms with Crippen LogP contribution in [-0.4, -0.2) is 4.98 Å². The number of nitrogen functional groups attached to an aromatic ring is 1. The van der Waals surface area contributed by atoms with Crippen molar-refractivity contribution in [3.05, 3.63) is 47.7 Å². The van der Waals surface area contributed by atoms with Gasteiger partial charge in [-0.05, 0) is 48.4 Å². The molecule has 18 heavy (non-hydrogen) atoms. The Morgan fingerprint density at radius 2 is 2.06 bits per heavy atom. The van der Waals surface area contributed by atoms with Gasteiger partial charge in [0.25, 0.3) is 0 Å². The Balaban J connectivity index is 2.00. The van der Waals surface area contributed by atoms with Gasteiger partial charge in [-0.3, -0.25) is 0 Å². The molecule has 3 rings (SSSR count). The van der Waals surface area contributed by atoms with Crippen LogP contribution >= 0.6 is 0 Å². The largest absolute Gasteiger partial charge is 0.384 e.